The summed E-state index contributed by atoms with van der Waals surface area (Å²) in [4.78, 5) is 25.6. The van der Waals surface area contributed by atoms with Crippen molar-refractivity contribution < 1.29 is 34.2 Å². The summed E-state index contributed by atoms with van der Waals surface area (Å²) in [6, 6.07) is 3.28. The van der Waals surface area contributed by atoms with Crippen molar-refractivity contribution in [1.82, 2.24) is 4.90 Å². The molecule has 2 aliphatic rings. The number of carboxylic acid groups (broad SMARTS) is 1. The molecule has 0 unspecified atom stereocenters. The highest BCUT2D eigenvalue weighted by Crippen LogP contribution is 2.38. The van der Waals surface area contributed by atoms with Gasteiger partial charge in [0, 0.05) is 13.1 Å². The number of nitrogens with zero attached hydrogens (tertiary/aromatic N) is 1. The number of fused-ring (bicyclic) bond motifs is 1. The number of ether oxygens (including phenoxy) is 1. The van der Waals surface area contributed by atoms with Gasteiger partial charge in [-0.05, 0) is 30.9 Å². The lowest BCUT2D eigenvalue weighted by molar-refractivity contribution is -0.130. The number of aromatic carboxylic acids is 1. The molecule has 1 aromatic carbocycles. The number of hydrogen-bond acceptors (Lipinski definition) is 7. The first-order chi connectivity index (χ1) is 12.9. The Labute approximate surface area is 161 Å². The Morgan fingerprint density at radius 2 is 2.07 bits per heavy atom. The smallest absolute Gasteiger partial charge is 0.534 e. The Kier molecular flexibility index (Phi) is 6.18. The highest BCUT2D eigenvalue weighted by Gasteiger charge is 2.38. The van der Waals surface area contributed by atoms with Crippen molar-refractivity contribution >= 4 is 30.8 Å². The molecule has 3 rings (SSSR count). The third kappa shape index (κ3) is 4.33. The number of carbonyl (C=O) groups is 2. The second-order valence-corrected chi connectivity index (χ2v) is 7.84. The number of carboxylic acids is 1. The molecule has 0 radical (unpaired) electrons. The Morgan fingerprint density at radius 1 is 1.37 bits per heavy atom. The van der Waals surface area contributed by atoms with E-state index in [9.17, 15) is 24.8 Å². The van der Waals surface area contributed by atoms with Crippen LogP contribution in [-0.2, 0) is 11.2 Å². The Hall–Kier alpha value is -1.91. The first-order valence-corrected chi connectivity index (χ1v) is 9.81. The number of hydrogen-bond donors (Lipinski definition) is 3. The van der Waals surface area contributed by atoms with Gasteiger partial charge >= 0.3 is 13.1 Å². The van der Waals surface area contributed by atoms with Crippen LogP contribution in [0.5, 0.6) is 11.5 Å². The fraction of sp³-hybridized carbons (Fsp3) is 0.529. The molecule has 1 amide bonds. The van der Waals surface area contributed by atoms with Crippen LogP contribution in [-0.4, -0.2) is 76.3 Å². The predicted octanol–water partition coefficient (Wildman–Crippen LogP) is 0.433. The highest BCUT2D eigenvalue weighted by atomic mass is 32.2. The van der Waals surface area contributed by atoms with E-state index in [4.69, 9.17) is 9.39 Å². The molecule has 0 spiro atoms. The van der Waals surface area contributed by atoms with Crippen LogP contribution in [0.25, 0.3) is 0 Å². The summed E-state index contributed by atoms with van der Waals surface area (Å²) in [7, 11) is 0.153. The second-order valence-electron chi connectivity index (χ2n) is 6.61. The van der Waals surface area contributed by atoms with E-state index in [0.717, 1.165) is 0 Å². The number of aliphatic hydroxyl groups is 1. The number of methoxy groups -OCH3 is 1. The van der Waals surface area contributed by atoms with E-state index in [1.54, 1.807) is 17.0 Å². The minimum atomic E-state index is -1.22. The van der Waals surface area contributed by atoms with Crippen LogP contribution in [0, 0.1) is 0 Å². The summed E-state index contributed by atoms with van der Waals surface area (Å²) >= 11 is 1.29. The van der Waals surface area contributed by atoms with E-state index in [2.05, 4.69) is 0 Å². The topological polar surface area (TPSA) is 117 Å². The van der Waals surface area contributed by atoms with Gasteiger partial charge in [0.1, 0.15) is 17.1 Å². The molecule has 27 heavy (non-hydrogen) atoms. The number of thioether (sulfide) groups is 1. The number of rotatable bonds is 5. The lowest BCUT2D eigenvalue weighted by Gasteiger charge is -2.31. The van der Waals surface area contributed by atoms with Gasteiger partial charge in [0.2, 0.25) is 5.91 Å². The van der Waals surface area contributed by atoms with Gasteiger partial charge in [-0.25, -0.2) is 4.79 Å². The van der Waals surface area contributed by atoms with Gasteiger partial charge in [0.05, 0.1) is 24.1 Å². The van der Waals surface area contributed by atoms with Crippen molar-refractivity contribution in [2.24, 2.45) is 0 Å². The molecule has 0 bridgehead atoms. The molecular formula is C17H22BNO7S. The van der Waals surface area contributed by atoms with Crippen LogP contribution in [0.15, 0.2) is 12.1 Å². The van der Waals surface area contributed by atoms with E-state index in [1.165, 1.54) is 18.9 Å². The van der Waals surface area contributed by atoms with Crippen molar-refractivity contribution in [3.63, 3.8) is 0 Å². The Morgan fingerprint density at radius 3 is 2.70 bits per heavy atom. The van der Waals surface area contributed by atoms with Crippen LogP contribution in [0.2, 0.25) is 0 Å². The van der Waals surface area contributed by atoms with Crippen LogP contribution < -0.4 is 9.39 Å². The largest absolute Gasteiger partial charge is 0.536 e. The zero-order valence-electron chi connectivity index (χ0n) is 15.0. The molecule has 0 saturated carbocycles. The van der Waals surface area contributed by atoms with Crippen molar-refractivity contribution in [3.8, 4) is 11.5 Å². The summed E-state index contributed by atoms with van der Waals surface area (Å²) in [6.45, 7) is 1.07. The number of amides is 1. The van der Waals surface area contributed by atoms with Crippen LogP contribution in [0.3, 0.4) is 0 Å². The molecule has 10 heteroatoms. The van der Waals surface area contributed by atoms with Gasteiger partial charge in [0.15, 0.2) is 0 Å². The van der Waals surface area contributed by atoms with Gasteiger partial charge in [-0.3, -0.25) is 4.79 Å². The summed E-state index contributed by atoms with van der Waals surface area (Å²) in [5, 5.41) is 28.9. The summed E-state index contributed by atoms with van der Waals surface area (Å²) in [5.74, 6) is -0.752. The second kappa shape index (κ2) is 8.41. The fourth-order valence-electron chi connectivity index (χ4n) is 3.32. The molecular weight excluding hydrogens is 373 g/mol. The van der Waals surface area contributed by atoms with Crippen molar-refractivity contribution in [2.45, 2.75) is 30.5 Å². The quantitative estimate of drug-likeness (QED) is 0.615. The van der Waals surface area contributed by atoms with Gasteiger partial charge < -0.3 is 29.5 Å². The molecule has 1 fully saturated rings. The molecule has 3 N–H and O–H groups in total. The maximum absolute atomic E-state index is 12.3. The third-order valence-corrected chi connectivity index (χ3v) is 6.09. The number of benzene rings is 1. The minimum absolute atomic E-state index is 0.0362. The van der Waals surface area contributed by atoms with Gasteiger partial charge in [-0.1, -0.05) is 6.07 Å². The monoisotopic (exact) mass is 395 g/mol. The molecule has 0 aromatic heterocycles. The fourth-order valence-corrected chi connectivity index (χ4v) is 4.37. The average molecular weight is 395 g/mol. The zero-order chi connectivity index (χ0) is 19.6. The number of likely N-dealkylation sites (tertiary alicyclic amines) is 1. The Bertz CT molecular complexity index is 723. The zero-order valence-corrected chi connectivity index (χ0v) is 15.8. The SMILES string of the molecule is COc1ccc2c(c1C(=O)O)OB(O)[C@@H](SCC(=O)N1CCC(O)CC1)C2. The molecule has 2 aliphatic heterocycles. The van der Waals surface area contributed by atoms with Crippen molar-refractivity contribution in [1.29, 1.82) is 0 Å². The Balaban J connectivity index is 1.66. The van der Waals surface area contributed by atoms with E-state index in [0.29, 0.717) is 37.9 Å². The first-order valence-electron chi connectivity index (χ1n) is 8.76. The molecule has 8 nitrogen and oxygen atoms in total. The standard InChI is InChI=1S/C17H22BNO7S/c1-25-12-3-2-10-8-13(18(24)26-16(10)15(12)17(22)23)27-9-14(21)19-6-4-11(20)5-7-19/h2-3,11,13,20,24H,4-9H2,1H3,(H,22,23)/t13-/m0/s1. The number of carbonyl (C=O) groups excluding carboxylic acids is 1. The molecule has 2 heterocycles. The van der Waals surface area contributed by atoms with Crippen molar-refractivity contribution in [3.05, 3.63) is 23.3 Å². The first kappa shape index (κ1) is 19.8. The van der Waals surface area contributed by atoms with E-state index < -0.39 is 13.1 Å². The van der Waals surface area contributed by atoms with E-state index in [-0.39, 0.29) is 40.0 Å². The number of piperidine rings is 1. The lowest BCUT2D eigenvalue weighted by atomic mass is 9.77. The van der Waals surface area contributed by atoms with Crippen LogP contribution in [0.4, 0.5) is 0 Å². The van der Waals surface area contributed by atoms with Gasteiger partial charge in [0.25, 0.3) is 0 Å². The maximum atomic E-state index is 12.3. The maximum Gasteiger partial charge on any atom is 0.536 e. The summed E-state index contributed by atoms with van der Waals surface area (Å²) < 4.78 is 10.6. The molecule has 146 valence electrons. The normalized spacial score (nSPS) is 20.0. The lowest BCUT2D eigenvalue weighted by Crippen LogP contribution is -2.44. The van der Waals surface area contributed by atoms with Gasteiger partial charge in [-0.2, -0.15) is 0 Å². The molecule has 1 atom stereocenters. The van der Waals surface area contributed by atoms with Crippen LogP contribution in [0.1, 0.15) is 28.8 Å². The third-order valence-electron chi connectivity index (χ3n) is 4.85. The van der Waals surface area contributed by atoms with E-state index >= 15 is 0 Å². The summed E-state index contributed by atoms with van der Waals surface area (Å²) in [5.41, 5.74) is 0.546. The average Bonchev–Trinajstić information content (AvgIpc) is 2.65. The minimum Gasteiger partial charge on any atom is -0.534 e. The highest BCUT2D eigenvalue weighted by molar-refractivity contribution is 8.01. The summed E-state index contributed by atoms with van der Waals surface area (Å²) in [6.07, 6.45) is 1.21. The molecule has 1 aromatic rings. The van der Waals surface area contributed by atoms with Crippen LogP contribution >= 0.6 is 11.8 Å². The predicted molar refractivity (Wildman–Crippen MR) is 100 cm³/mol. The van der Waals surface area contributed by atoms with Crippen molar-refractivity contribution in [2.75, 3.05) is 26.0 Å². The van der Waals surface area contributed by atoms with E-state index in [1.807, 2.05) is 0 Å². The molecule has 1 saturated heterocycles. The molecule has 0 aliphatic carbocycles. The number of aliphatic hydroxyl groups excluding tert-OH is 1. The van der Waals surface area contributed by atoms with Gasteiger partial charge in [-0.15, -0.1) is 11.8 Å².